The van der Waals surface area contributed by atoms with E-state index in [1.165, 1.54) is 0 Å². The molecule has 6 nitrogen and oxygen atoms in total. The second-order valence-corrected chi connectivity index (χ2v) is 8.58. The Morgan fingerprint density at radius 3 is 1.81 bits per heavy atom. The Labute approximate surface area is 207 Å². The number of halogens is 2. The minimum absolute atomic E-state index is 0.0567. The number of anilines is 2. The second kappa shape index (κ2) is 9.97. The second-order valence-electron chi connectivity index (χ2n) is 8.58. The van der Waals surface area contributed by atoms with Crippen LogP contribution in [0.2, 0.25) is 0 Å². The molecule has 3 N–H and O–H groups in total. The summed E-state index contributed by atoms with van der Waals surface area (Å²) < 4.78 is 37.8. The molecule has 0 fully saturated rings. The Hall–Kier alpha value is -3.94. The summed E-state index contributed by atoms with van der Waals surface area (Å²) in [5.74, 6) is -6.34. The Morgan fingerprint density at radius 2 is 1.31 bits per heavy atom. The Balaban J connectivity index is 2.00. The van der Waals surface area contributed by atoms with Gasteiger partial charge in [-0.3, -0.25) is 9.59 Å². The number of benzene rings is 3. The van der Waals surface area contributed by atoms with Gasteiger partial charge in [0.1, 0.15) is 17.2 Å². The summed E-state index contributed by atoms with van der Waals surface area (Å²) in [6.45, 7) is 5.82. The smallest absolute Gasteiger partial charge is 0.201 e. The number of ketones is 2. The highest BCUT2D eigenvalue weighted by atomic mass is 19.1. The van der Waals surface area contributed by atoms with E-state index in [0.717, 1.165) is 29.7 Å². The zero-order valence-corrected chi connectivity index (χ0v) is 20.3. The van der Waals surface area contributed by atoms with Crippen molar-refractivity contribution in [3.05, 3.63) is 75.3 Å². The number of phenols is 2. The third-order valence-corrected chi connectivity index (χ3v) is 6.40. The maximum atomic E-state index is 16.2. The lowest BCUT2D eigenvalue weighted by Gasteiger charge is -2.25. The standard InChI is InChI=1S/C28H27F2NO5/c1-4-7-13-36-28-23(30)21-20(26(34)18-16(32)11-12-17(33)19(18)27(21)35)22(29)25(28)31-24-14(5-2)9-8-10-15(24)6-3/h8-12,31-33H,4-7,13H2,1-3H3. The van der Waals surface area contributed by atoms with E-state index in [1.54, 1.807) is 0 Å². The normalized spacial score (nSPS) is 12.4. The van der Waals surface area contributed by atoms with E-state index in [1.807, 2.05) is 39.0 Å². The van der Waals surface area contributed by atoms with Crippen LogP contribution in [0.25, 0.3) is 0 Å². The van der Waals surface area contributed by atoms with E-state index in [2.05, 4.69) is 5.32 Å². The molecule has 4 rings (SSSR count). The van der Waals surface area contributed by atoms with E-state index in [4.69, 9.17) is 4.74 Å². The zero-order valence-electron chi connectivity index (χ0n) is 20.3. The molecule has 0 saturated heterocycles. The monoisotopic (exact) mass is 495 g/mol. The fourth-order valence-electron chi connectivity index (χ4n) is 4.48. The zero-order chi connectivity index (χ0) is 26.1. The molecule has 0 saturated carbocycles. The quantitative estimate of drug-likeness (QED) is 0.199. The molecule has 0 bridgehead atoms. The van der Waals surface area contributed by atoms with Gasteiger partial charge in [-0.15, -0.1) is 0 Å². The fourth-order valence-corrected chi connectivity index (χ4v) is 4.48. The first-order valence-corrected chi connectivity index (χ1v) is 12.0. The molecule has 1 aliphatic rings. The summed E-state index contributed by atoms with van der Waals surface area (Å²) in [6.07, 6.45) is 2.49. The fraction of sp³-hybridized carbons (Fsp3) is 0.286. The number of carbonyl (C=O) groups is 2. The number of rotatable bonds is 8. The highest BCUT2D eigenvalue weighted by molar-refractivity contribution is 6.31. The van der Waals surface area contributed by atoms with Crippen LogP contribution in [0.15, 0.2) is 30.3 Å². The van der Waals surface area contributed by atoms with Gasteiger partial charge in [0.05, 0.1) is 28.9 Å². The number of carbonyl (C=O) groups excluding carboxylic acids is 2. The first-order valence-electron chi connectivity index (χ1n) is 12.0. The SMILES string of the molecule is CCCCOc1c(F)c2c(c(F)c1Nc1c(CC)cccc1CC)C(=O)c1c(O)ccc(O)c1C2=O. The van der Waals surface area contributed by atoms with E-state index >= 15 is 8.78 Å². The molecule has 0 radical (unpaired) electrons. The predicted molar refractivity (Wildman–Crippen MR) is 132 cm³/mol. The van der Waals surface area contributed by atoms with Crippen LogP contribution in [0.4, 0.5) is 20.2 Å². The van der Waals surface area contributed by atoms with Crippen LogP contribution >= 0.6 is 0 Å². The molecule has 1 aliphatic carbocycles. The van der Waals surface area contributed by atoms with Crippen LogP contribution < -0.4 is 10.1 Å². The molecule has 8 heteroatoms. The molecular weight excluding hydrogens is 468 g/mol. The lowest BCUT2D eigenvalue weighted by atomic mass is 9.81. The molecule has 36 heavy (non-hydrogen) atoms. The molecular formula is C28H27F2NO5. The molecule has 188 valence electrons. The van der Waals surface area contributed by atoms with E-state index in [0.29, 0.717) is 24.9 Å². The number of para-hydroxylation sites is 1. The Kier molecular flexibility index (Phi) is 6.97. The number of hydrogen-bond acceptors (Lipinski definition) is 6. The first kappa shape index (κ1) is 25.2. The molecule has 0 heterocycles. The summed E-state index contributed by atoms with van der Waals surface area (Å²) in [5.41, 5.74) is -0.928. The average Bonchev–Trinajstić information content (AvgIpc) is 2.87. The molecule has 0 spiro atoms. The largest absolute Gasteiger partial charge is 0.507 e. The van der Waals surface area contributed by atoms with Crippen LogP contribution in [0.5, 0.6) is 17.2 Å². The molecule has 0 aliphatic heterocycles. The van der Waals surface area contributed by atoms with Crippen molar-refractivity contribution >= 4 is 22.9 Å². The van der Waals surface area contributed by atoms with Crippen molar-refractivity contribution in [1.29, 1.82) is 0 Å². The van der Waals surface area contributed by atoms with Crippen molar-refractivity contribution in [3.63, 3.8) is 0 Å². The summed E-state index contributed by atoms with van der Waals surface area (Å²) >= 11 is 0. The predicted octanol–water partition coefficient (Wildman–Crippen LogP) is 6.20. The van der Waals surface area contributed by atoms with Gasteiger partial charge in [-0.1, -0.05) is 45.4 Å². The summed E-state index contributed by atoms with van der Waals surface area (Å²) in [7, 11) is 0. The average molecular weight is 496 g/mol. The van der Waals surface area contributed by atoms with Crippen molar-refractivity contribution < 1.29 is 33.3 Å². The van der Waals surface area contributed by atoms with Crippen LogP contribution in [0.3, 0.4) is 0 Å². The van der Waals surface area contributed by atoms with Gasteiger partial charge in [0, 0.05) is 5.69 Å². The molecule has 0 aromatic heterocycles. The number of phenolic OH excluding ortho intramolecular Hbond substituents is 2. The van der Waals surface area contributed by atoms with E-state index in [-0.39, 0.29) is 6.61 Å². The lowest BCUT2D eigenvalue weighted by Crippen LogP contribution is -2.26. The minimum atomic E-state index is -1.20. The third kappa shape index (κ3) is 3.96. The van der Waals surface area contributed by atoms with Gasteiger partial charge in [-0.2, -0.15) is 0 Å². The summed E-state index contributed by atoms with van der Waals surface area (Å²) in [4.78, 5) is 26.6. The van der Waals surface area contributed by atoms with Crippen LogP contribution in [-0.2, 0) is 12.8 Å². The van der Waals surface area contributed by atoms with Gasteiger partial charge in [-0.05, 0) is 42.5 Å². The molecule has 0 amide bonds. The summed E-state index contributed by atoms with van der Waals surface area (Å²) in [5, 5.41) is 23.4. The van der Waals surface area contributed by atoms with Crippen molar-refractivity contribution in [2.45, 2.75) is 46.5 Å². The molecule has 0 atom stereocenters. The highest BCUT2D eigenvalue weighted by Crippen LogP contribution is 2.45. The highest BCUT2D eigenvalue weighted by Gasteiger charge is 2.42. The molecule has 3 aromatic rings. The number of fused-ring (bicyclic) bond motifs is 2. The van der Waals surface area contributed by atoms with Crippen molar-refractivity contribution in [2.24, 2.45) is 0 Å². The van der Waals surface area contributed by atoms with Crippen LogP contribution in [0.1, 0.15) is 76.6 Å². The van der Waals surface area contributed by atoms with Gasteiger partial charge >= 0.3 is 0 Å². The van der Waals surface area contributed by atoms with Gasteiger partial charge in [0.15, 0.2) is 17.4 Å². The number of nitrogens with one attached hydrogen (secondary N) is 1. The third-order valence-electron chi connectivity index (χ3n) is 6.40. The lowest BCUT2D eigenvalue weighted by molar-refractivity contribution is 0.0966. The van der Waals surface area contributed by atoms with Crippen LogP contribution in [0, 0.1) is 11.6 Å². The topological polar surface area (TPSA) is 95.9 Å². The van der Waals surface area contributed by atoms with E-state index in [9.17, 15) is 19.8 Å². The Bertz CT molecular complexity index is 1360. The maximum Gasteiger partial charge on any atom is 0.201 e. The van der Waals surface area contributed by atoms with E-state index < -0.39 is 68.4 Å². The maximum absolute atomic E-state index is 16.2. The molecule has 3 aromatic carbocycles. The number of unbranched alkanes of at least 4 members (excludes halogenated alkanes) is 1. The molecule has 0 unspecified atom stereocenters. The number of aryl methyl sites for hydroxylation is 2. The van der Waals surface area contributed by atoms with Gasteiger partial charge in [0.25, 0.3) is 0 Å². The van der Waals surface area contributed by atoms with Crippen molar-refractivity contribution in [3.8, 4) is 17.2 Å². The number of ether oxygens (including phenoxy) is 1. The van der Waals surface area contributed by atoms with Crippen LogP contribution in [-0.4, -0.2) is 28.4 Å². The summed E-state index contributed by atoms with van der Waals surface area (Å²) in [6, 6.07) is 7.63. The number of aromatic hydroxyl groups is 2. The Morgan fingerprint density at radius 1 is 0.778 bits per heavy atom. The van der Waals surface area contributed by atoms with Gasteiger partial charge < -0.3 is 20.3 Å². The number of hydrogen-bond donors (Lipinski definition) is 3. The first-order chi connectivity index (χ1) is 17.3. The van der Waals surface area contributed by atoms with Crippen molar-refractivity contribution in [2.75, 3.05) is 11.9 Å². The van der Waals surface area contributed by atoms with Crippen molar-refractivity contribution in [1.82, 2.24) is 0 Å². The van der Waals surface area contributed by atoms with Gasteiger partial charge in [-0.25, -0.2) is 8.78 Å². The van der Waals surface area contributed by atoms with Gasteiger partial charge in [0.2, 0.25) is 11.6 Å². The minimum Gasteiger partial charge on any atom is -0.507 e.